The fraction of sp³-hybridized carbons (Fsp3) is 0.190. The maximum atomic E-state index is 12.3. The zero-order chi connectivity index (χ0) is 23.2. The van der Waals surface area contributed by atoms with Crippen molar-refractivity contribution in [3.63, 3.8) is 0 Å². The van der Waals surface area contributed by atoms with Crippen molar-refractivity contribution >= 4 is 10.9 Å². The summed E-state index contributed by atoms with van der Waals surface area (Å²) in [5.41, 5.74) is 2.50. The van der Waals surface area contributed by atoms with Gasteiger partial charge in [0.15, 0.2) is 0 Å². The molecule has 0 spiro atoms. The molecule has 3 heterocycles. The first-order chi connectivity index (χ1) is 15.8. The van der Waals surface area contributed by atoms with Crippen LogP contribution < -0.4 is 4.74 Å². The van der Waals surface area contributed by atoms with Gasteiger partial charge < -0.3 is 9.26 Å². The molecule has 0 saturated carbocycles. The number of halogens is 3. The van der Waals surface area contributed by atoms with Crippen LogP contribution in [0.1, 0.15) is 11.4 Å². The van der Waals surface area contributed by atoms with Crippen LogP contribution >= 0.6 is 0 Å². The Morgan fingerprint density at radius 2 is 1.82 bits per heavy atom. The summed E-state index contributed by atoms with van der Waals surface area (Å²) >= 11 is 0. The summed E-state index contributed by atoms with van der Waals surface area (Å²) in [7, 11) is 1.88. The van der Waals surface area contributed by atoms with Gasteiger partial charge in [-0.3, -0.25) is 4.68 Å². The Morgan fingerprint density at radius 3 is 2.58 bits per heavy atom. The molecule has 3 aromatic heterocycles. The van der Waals surface area contributed by atoms with Gasteiger partial charge in [-0.25, -0.2) is 9.67 Å². The van der Waals surface area contributed by atoms with Crippen molar-refractivity contribution in [1.29, 1.82) is 0 Å². The number of hydrogen-bond donors (Lipinski definition) is 0. The molecule has 0 N–H and O–H groups in total. The van der Waals surface area contributed by atoms with Gasteiger partial charge in [-0.2, -0.15) is 10.1 Å². The number of hydrogen-bond acceptors (Lipinski definition) is 7. The lowest BCUT2D eigenvalue weighted by molar-refractivity contribution is -0.274. The summed E-state index contributed by atoms with van der Waals surface area (Å²) in [6.07, 6.45) is -2.95. The van der Waals surface area contributed by atoms with Gasteiger partial charge in [0.25, 0.3) is 5.89 Å². The SMILES string of the molecule is Cc1nc(-c2nc(-c3ccc(OC(F)(F)F)cc3)no2)nn1Cc1cccc2c1cnn2C. The minimum Gasteiger partial charge on any atom is -0.406 e. The highest BCUT2D eigenvalue weighted by Crippen LogP contribution is 2.26. The predicted molar refractivity (Wildman–Crippen MR) is 110 cm³/mol. The lowest BCUT2D eigenvalue weighted by Crippen LogP contribution is -2.16. The third-order valence-corrected chi connectivity index (χ3v) is 5.02. The van der Waals surface area contributed by atoms with Crippen LogP contribution in [0, 0.1) is 6.92 Å². The molecule has 5 rings (SSSR count). The maximum Gasteiger partial charge on any atom is 0.573 e. The van der Waals surface area contributed by atoms with Crippen LogP contribution in [-0.4, -0.2) is 41.0 Å². The van der Waals surface area contributed by atoms with Gasteiger partial charge in [0.05, 0.1) is 18.3 Å². The molecule has 0 unspecified atom stereocenters. The first-order valence-electron chi connectivity index (χ1n) is 9.78. The van der Waals surface area contributed by atoms with Gasteiger partial charge in [0, 0.05) is 18.0 Å². The van der Waals surface area contributed by atoms with E-state index in [1.165, 1.54) is 24.3 Å². The van der Waals surface area contributed by atoms with Crippen molar-refractivity contribution in [2.24, 2.45) is 7.05 Å². The summed E-state index contributed by atoms with van der Waals surface area (Å²) in [6, 6.07) is 11.1. The highest BCUT2D eigenvalue weighted by molar-refractivity contribution is 5.82. The molecule has 0 saturated heterocycles. The van der Waals surface area contributed by atoms with E-state index in [0.29, 0.717) is 17.9 Å². The van der Waals surface area contributed by atoms with E-state index in [9.17, 15) is 13.2 Å². The Morgan fingerprint density at radius 1 is 1.03 bits per heavy atom. The van der Waals surface area contributed by atoms with E-state index >= 15 is 0 Å². The number of fused-ring (bicyclic) bond motifs is 1. The average molecular weight is 455 g/mol. The van der Waals surface area contributed by atoms with E-state index in [4.69, 9.17) is 4.52 Å². The molecule has 0 amide bonds. The standard InChI is InChI=1S/C21H16F3N7O2/c1-12-26-19(28-31(12)11-14-4-3-5-17-16(14)10-25-30(17)2)20-27-18(29-33-20)13-6-8-15(9-7-13)32-21(22,23)24/h3-10H,11H2,1-2H3. The third-order valence-electron chi connectivity index (χ3n) is 5.02. The van der Waals surface area contributed by atoms with E-state index in [2.05, 4.69) is 30.1 Å². The molecule has 0 aliphatic rings. The van der Waals surface area contributed by atoms with Gasteiger partial charge in [-0.15, -0.1) is 18.3 Å². The van der Waals surface area contributed by atoms with Gasteiger partial charge in [0.1, 0.15) is 11.6 Å². The summed E-state index contributed by atoms with van der Waals surface area (Å²) < 4.78 is 49.7. The molecule has 0 atom stereocenters. The van der Waals surface area contributed by atoms with Crippen LogP contribution in [0.2, 0.25) is 0 Å². The van der Waals surface area contributed by atoms with Crippen molar-refractivity contribution in [3.05, 3.63) is 60.0 Å². The van der Waals surface area contributed by atoms with Gasteiger partial charge in [0.2, 0.25) is 11.6 Å². The third kappa shape index (κ3) is 4.14. The lowest BCUT2D eigenvalue weighted by Gasteiger charge is -2.08. The number of rotatable bonds is 5. The van der Waals surface area contributed by atoms with Crippen LogP contribution in [0.4, 0.5) is 13.2 Å². The number of ether oxygens (including phenoxy) is 1. The molecule has 2 aromatic carbocycles. The number of aromatic nitrogens is 7. The summed E-state index contributed by atoms with van der Waals surface area (Å²) in [4.78, 5) is 8.69. The van der Waals surface area contributed by atoms with Crippen LogP contribution in [0.5, 0.6) is 5.75 Å². The van der Waals surface area contributed by atoms with Crippen molar-refractivity contribution in [1.82, 2.24) is 34.7 Å². The Balaban J connectivity index is 1.38. The molecule has 5 aromatic rings. The van der Waals surface area contributed by atoms with Crippen molar-refractivity contribution in [3.8, 4) is 28.9 Å². The molecule has 0 fully saturated rings. The molecule has 0 aliphatic heterocycles. The second kappa shape index (κ2) is 7.73. The van der Waals surface area contributed by atoms with E-state index in [1.54, 1.807) is 9.36 Å². The molecular weight excluding hydrogens is 439 g/mol. The molecule has 0 bridgehead atoms. The fourth-order valence-electron chi connectivity index (χ4n) is 3.43. The highest BCUT2D eigenvalue weighted by atomic mass is 19.4. The summed E-state index contributed by atoms with van der Waals surface area (Å²) in [5, 5.41) is 13.7. The molecule has 0 radical (unpaired) electrons. The highest BCUT2D eigenvalue weighted by Gasteiger charge is 2.31. The minimum absolute atomic E-state index is 0.0991. The minimum atomic E-state index is -4.76. The number of aryl methyl sites for hydroxylation is 2. The summed E-state index contributed by atoms with van der Waals surface area (Å²) in [5.74, 6) is 0.857. The number of nitrogens with zero attached hydrogens (tertiary/aromatic N) is 7. The second-order valence-corrected chi connectivity index (χ2v) is 7.25. The second-order valence-electron chi connectivity index (χ2n) is 7.25. The Labute approximate surface area is 184 Å². The summed E-state index contributed by atoms with van der Waals surface area (Å²) in [6.45, 7) is 2.29. The average Bonchev–Trinajstić information content (AvgIpc) is 3.48. The van der Waals surface area contributed by atoms with E-state index < -0.39 is 6.36 Å². The lowest BCUT2D eigenvalue weighted by atomic mass is 10.1. The van der Waals surface area contributed by atoms with Crippen LogP contribution in [0.25, 0.3) is 34.0 Å². The largest absolute Gasteiger partial charge is 0.573 e. The zero-order valence-electron chi connectivity index (χ0n) is 17.4. The molecule has 33 heavy (non-hydrogen) atoms. The Hall–Kier alpha value is -4.22. The molecule has 9 nitrogen and oxygen atoms in total. The number of benzene rings is 2. The van der Waals surface area contributed by atoms with Gasteiger partial charge in [-0.05, 0) is 42.8 Å². The molecule has 168 valence electrons. The monoisotopic (exact) mass is 455 g/mol. The zero-order valence-corrected chi connectivity index (χ0v) is 17.4. The van der Waals surface area contributed by atoms with Crippen molar-refractivity contribution in [2.45, 2.75) is 19.8 Å². The topological polar surface area (TPSA) is 96.7 Å². The van der Waals surface area contributed by atoms with E-state index in [-0.39, 0.29) is 23.3 Å². The fourth-order valence-corrected chi connectivity index (χ4v) is 3.43. The van der Waals surface area contributed by atoms with E-state index in [0.717, 1.165) is 16.5 Å². The molecule has 0 aliphatic carbocycles. The van der Waals surface area contributed by atoms with Crippen LogP contribution in [-0.2, 0) is 13.6 Å². The molecular formula is C21H16F3N7O2. The van der Waals surface area contributed by atoms with Crippen molar-refractivity contribution in [2.75, 3.05) is 0 Å². The quantitative estimate of drug-likeness (QED) is 0.393. The molecule has 12 heteroatoms. The van der Waals surface area contributed by atoms with Gasteiger partial charge >= 0.3 is 6.36 Å². The Bertz CT molecular complexity index is 1430. The van der Waals surface area contributed by atoms with Crippen molar-refractivity contribution < 1.29 is 22.4 Å². The smallest absolute Gasteiger partial charge is 0.406 e. The predicted octanol–water partition coefficient (Wildman–Crippen LogP) is 4.14. The Kier molecular flexibility index (Phi) is 4.84. The first-order valence-corrected chi connectivity index (χ1v) is 9.78. The van der Waals surface area contributed by atoms with E-state index in [1.807, 2.05) is 38.4 Å². The van der Waals surface area contributed by atoms with Gasteiger partial charge in [-0.1, -0.05) is 17.3 Å². The van der Waals surface area contributed by atoms with Crippen LogP contribution in [0.3, 0.4) is 0 Å². The first kappa shape index (κ1) is 20.7. The normalized spacial score (nSPS) is 11.9. The van der Waals surface area contributed by atoms with Crippen LogP contribution in [0.15, 0.2) is 53.2 Å². The number of alkyl halides is 3. The maximum absolute atomic E-state index is 12.3.